The summed E-state index contributed by atoms with van der Waals surface area (Å²) in [6, 6.07) is 15.8. The van der Waals surface area contributed by atoms with E-state index in [-0.39, 0.29) is 23.3 Å². The molecular formula is C32H42ClN3O3. The predicted octanol–water partition coefficient (Wildman–Crippen LogP) is 5.99. The van der Waals surface area contributed by atoms with E-state index < -0.39 is 0 Å². The molecule has 0 bridgehead atoms. The van der Waals surface area contributed by atoms with Gasteiger partial charge in [0.05, 0.1) is 18.6 Å². The number of methoxy groups -OCH3 is 1. The van der Waals surface area contributed by atoms with Crippen LogP contribution >= 0.6 is 11.6 Å². The molecule has 1 N–H and O–H groups in total. The molecule has 2 aromatic carbocycles. The summed E-state index contributed by atoms with van der Waals surface area (Å²) < 4.78 is 5.26. The van der Waals surface area contributed by atoms with Gasteiger partial charge in [-0.2, -0.15) is 0 Å². The molecule has 0 aromatic heterocycles. The third-order valence-corrected chi connectivity index (χ3v) is 9.60. The zero-order chi connectivity index (χ0) is 27.2. The largest absolute Gasteiger partial charge is 0.497 e. The average Bonchev–Trinajstić information content (AvgIpc) is 3.27. The molecule has 1 atom stereocenters. The lowest BCUT2D eigenvalue weighted by atomic mass is 9.77. The van der Waals surface area contributed by atoms with Gasteiger partial charge in [-0.3, -0.25) is 9.59 Å². The number of nitrogens with zero attached hydrogens (tertiary/aromatic N) is 2. The molecule has 3 aliphatic rings. The molecule has 2 aliphatic heterocycles. The first-order chi connectivity index (χ1) is 19.0. The van der Waals surface area contributed by atoms with Gasteiger partial charge in [-0.15, -0.1) is 0 Å². The highest BCUT2D eigenvalue weighted by Gasteiger charge is 2.47. The average molecular weight is 552 g/mol. The lowest BCUT2D eigenvalue weighted by Gasteiger charge is -2.38. The second kappa shape index (κ2) is 12.7. The number of carbonyl (C=O) groups is 2. The quantitative estimate of drug-likeness (QED) is 0.416. The van der Waals surface area contributed by atoms with Gasteiger partial charge in [-0.25, -0.2) is 0 Å². The number of carbonyl (C=O) groups excluding carboxylic acids is 2. The van der Waals surface area contributed by atoms with Crippen LogP contribution < -0.4 is 10.1 Å². The van der Waals surface area contributed by atoms with Crippen molar-refractivity contribution < 1.29 is 14.3 Å². The molecule has 1 saturated carbocycles. The molecule has 0 radical (unpaired) electrons. The van der Waals surface area contributed by atoms with E-state index in [0.29, 0.717) is 17.5 Å². The fourth-order valence-electron chi connectivity index (χ4n) is 6.69. The molecule has 210 valence electrons. The molecule has 1 aliphatic carbocycles. The number of halogens is 1. The van der Waals surface area contributed by atoms with E-state index in [0.717, 1.165) is 94.4 Å². The van der Waals surface area contributed by atoms with E-state index in [1.807, 2.05) is 53.4 Å². The molecule has 6 nitrogen and oxygen atoms in total. The second-order valence-electron chi connectivity index (χ2n) is 11.7. The first kappa shape index (κ1) is 28.0. The maximum atomic E-state index is 13.5. The highest BCUT2D eigenvalue weighted by Crippen LogP contribution is 2.42. The van der Waals surface area contributed by atoms with Crippen LogP contribution in [-0.4, -0.2) is 54.9 Å². The molecule has 3 fully saturated rings. The molecule has 39 heavy (non-hydrogen) atoms. The van der Waals surface area contributed by atoms with E-state index >= 15 is 0 Å². The highest BCUT2D eigenvalue weighted by atomic mass is 35.5. The Balaban J connectivity index is 1.16. The van der Waals surface area contributed by atoms with Crippen molar-refractivity contribution in [2.24, 2.45) is 11.3 Å². The Labute approximate surface area is 238 Å². The summed E-state index contributed by atoms with van der Waals surface area (Å²) in [5, 5.41) is 4.06. The van der Waals surface area contributed by atoms with Gasteiger partial charge in [0.25, 0.3) is 0 Å². The molecule has 2 aromatic rings. The fraction of sp³-hybridized carbons (Fsp3) is 0.562. The predicted molar refractivity (Wildman–Crippen MR) is 155 cm³/mol. The van der Waals surface area contributed by atoms with Gasteiger partial charge in [0.1, 0.15) is 5.75 Å². The van der Waals surface area contributed by atoms with Crippen LogP contribution in [0.2, 0.25) is 5.02 Å². The number of hydrogen-bond acceptors (Lipinski definition) is 4. The van der Waals surface area contributed by atoms with Crippen molar-refractivity contribution in [1.82, 2.24) is 15.1 Å². The van der Waals surface area contributed by atoms with Crippen molar-refractivity contribution in [3.8, 4) is 5.75 Å². The SMILES string of the molecule is COc1ccc(CN2CCC3(CCN(CCC(NC(=O)C4CCCCC4)c4ccccc4Cl)CC3)C2=O)cc1. The lowest BCUT2D eigenvalue weighted by molar-refractivity contribution is -0.139. The van der Waals surface area contributed by atoms with Crippen molar-refractivity contribution in [1.29, 1.82) is 0 Å². The van der Waals surface area contributed by atoms with E-state index in [4.69, 9.17) is 16.3 Å². The van der Waals surface area contributed by atoms with Crippen LogP contribution in [0.4, 0.5) is 0 Å². The van der Waals surface area contributed by atoms with E-state index in [2.05, 4.69) is 10.2 Å². The van der Waals surface area contributed by atoms with E-state index in [1.54, 1.807) is 7.11 Å². The van der Waals surface area contributed by atoms with Gasteiger partial charge >= 0.3 is 0 Å². The monoisotopic (exact) mass is 551 g/mol. The standard InChI is InChI=1S/C32H42ClN3O3/c1-39-26-13-11-24(12-14-26)23-36-22-18-32(31(36)38)16-20-35(21-17-32)19-15-29(27-9-5-6-10-28(27)33)34-30(37)25-7-3-2-4-8-25/h5-6,9-14,25,29H,2-4,7-8,15-23H2,1H3,(H,34,37). The van der Waals surface area contributed by atoms with E-state index in [1.165, 1.54) is 6.42 Å². The third-order valence-electron chi connectivity index (χ3n) is 9.25. The molecule has 5 rings (SSSR count). The highest BCUT2D eigenvalue weighted by molar-refractivity contribution is 6.31. The van der Waals surface area contributed by atoms with Crippen LogP contribution in [-0.2, 0) is 16.1 Å². The Hall–Kier alpha value is -2.57. The molecular weight excluding hydrogens is 510 g/mol. The molecule has 7 heteroatoms. The summed E-state index contributed by atoms with van der Waals surface area (Å²) in [5.74, 6) is 1.44. The van der Waals surface area contributed by atoms with Crippen LogP contribution in [0.3, 0.4) is 0 Å². The number of piperidine rings is 1. The minimum absolute atomic E-state index is 0.0999. The first-order valence-corrected chi connectivity index (χ1v) is 15.0. The van der Waals surface area contributed by atoms with Crippen molar-refractivity contribution in [3.05, 3.63) is 64.7 Å². The molecule has 2 saturated heterocycles. The van der Waals surface area contributed by atoms with Gasteiger partial charge in [0, 0.05) is 30.6 Å². The van der Waals surface area contributed by atoms with Gasteiger partial charge in [-0.05, 0) is 80.9 Å². The Morgan fingerprint density at radius 3 is 2.41 bits per heavy atom. The third kappa shape index (κ3) is 6.60. The maximum absolute atomic E-state index is 13.5. The number of likely N-dealkylation sites (tertiary alicyclic amines) is 2. The topological polar surface area (TPSA) is 61.9 Å². The Morgan fingerprint density at radius 2 is 1.72 bits per heavy atom. The van der Waals surface area contributed by atoms with Gasteiger partial charge < -0.3 is 19.9 Å². The number of hydrogen-bond donors (Lipinski definition) is 1. The van der Waals surface area contributed by atoms with Crippen LogP contribution in [0.1, 0.15) is 75.0 Å². The molecule has 1 unspecified atom stereocenters. The van der Waals surface area contributed by atoms with Crippen LogP contribution in [0.15, 0.2) is 48.5 Å². The number of rotatable bonds is 9. The summed E-state index contributed by atoms with van der Waals surface area (Å²) in [5.41, 5.74) is 1.91. The summed E-state index contributed by atoms with van der Waals surface area (Å²) in [6.07, 6.45) is 9.03. The van der Waals surface area contributed by atoms with Crippen LogP contribution in [0, 0.1) is 11.3 Å². The van der Waals surface area contributed by atoms with Gasteiger partial charge in [0.2, 0.25) is 11.8 Å². The maximum Gasteiger partial charge on any atom is 0.229 e. The minimum atomic E-state index is -0.222. The lowest BCUT2D eigenvalue weighted by Crippen LogP contribution is -2.45. The van der Waals surface area contributed by atoms with Crippen molar-refractivity contribution in [2.75, 3.05) is 33.3 Å². The summed E-state index contributed by atoms with van der Waals surface area (Å²) in [4.78, 5) is 31.1. The summed E-state index contributed by atoms with van der Waals surface area (Å²) in [6.45, 7) is 4.18. The first-order valence-electron chi connectivity index (χ1n) is 14.7. The second-order valence-corrected chi connectivity index (χ2v) is 12.1. The van der Waals surface area contributed by atoms with Crippen LogP contribution in [0.5, 0.6) is 5.75 Å². The van der Waals surface area contributed by atoms with Crippen molar-refractivity contribution in [2.45, 2.75) is 70.4 Å². The van der Waals surface area contributed by atoms with E-state index in [9.17, 15) is 9.59 Å². The van der Waals surface area contributed by atoms with Gasteiger partial charge in [-0.1, -0.05) is 61.2 Å². The number of amides is 2. The molecule has 2 heterocycles. The number of nitrogens with one attached hydrogen (secondary N) is 1. The normalized spacial score (nSPS) is 20.8. The smallest absolute Gasteiger partial charge is 0.229 e. The molecule has 1 spiro atoms. The fourth-order valence-corrected chi connectivity index (χ4v) is 6.96. The Morgan fingerprint density at radius 1 is 1.03 bits per heavy atom. The number of ether oxygens (including phenoxy) is 1. The minimum Gasteiger partial charge on any atom is -0.497 e. The Kier molecular flexibility index (Phi) is 9.13. The summed E-state index contributed by atoms with van der Waals surface area (Å²) in [7, 11) is 1.67. The molecule has 2 amide bonds. The summed E-state index contributed by atoms with van der Waals surface area (Å²) >= 11 is 6.58. The number of benzene rings is 2. The van der Waals surface area contributed by atoms with Gasteiger partial charge in [0.15, 0.2) is 0 Å². The van der Waals surface area contributed by atoms with Crippen LogP contribution in [0.25, 0.3) is 0 Å². The zero-order valence-electron chi connectivity index (χ0n) is 23.2. The Bertz CT molecular complexity index is 1120. The van der Waals surface area contributed by atoms with Crippen molar-refractivity contribution in [3.63, 3.8) is 0 Å². The zero-order valence-corrected chi connectivity index (χ0v) is 23.9. The van der Waals surface area contributed by atoms with Crippen molar-refractivity contribution >= 4 is 23.4 Å².